The van der Waals surface area contributed by atoms with E-state index in [2.05, 4.69) is 5.32 Å². The molecule has 1 aliphatic carbocycles. The lowest BCUT2D eigenvalue weighted by Gasteiger charge is -2.27. The third-order valence-corrected chi connectivity index (χ3v) is 7.03. The van der Waals surface area contributed by atoms with E-state index in [-0.39, 0.29) is 18.0 Å². The number of nitrogens with one attached hydrogen (secondary N) is 1. The van der Waals surface area contributed by atoms with E-state index in [0.717, 1.165) is 45.6 Å². The van der Waals surface area contributed by atoms with Gasteiger partial charge in [0.05, 0.1) is 26.0 Å². The Balaban J connectivity index is 1.59. The highest BCUT2D eigenvalue weighted by Crippen LogP contribution is 2.48. The molecular formula is C27H26ClN3O3. The Bertz CT molecular complexity index is 1300. The van der Waals surface area contributed by atoms with Crippen LogP contribution in [0.5, 0.6) is 11.5 Å². The Labute approximate surface area is 204 Å². The highest BCUT2D eigenvalue weighted by Gasteiger charge is 2.47. The van der Waals surface area contributed by atoms with Gasteiger partial charge in [-0.05, 0) is 60.7 Å². The minimum absolute atomic E-state index is 0.0320. The number of hydrogen-bond donors (Lipinski definition) is 1. The van der Waals surface area contributed by atoms with Gasteiger partial charge in [0.25, 0.3) is 0 Å². The summed E-state index contributed by atoms with van der Waals surface area (Å²) in [5, 5.41) is 10.1. The van der Waals surface area contributed by atoms with Gasteiger partial charge in [-0.1, -0.05) is 48.0 Å². The van der Waals surface area contributed by atoms with Crippen molar-refractivity contribution in [2.45, 2.75) is 26.3 Å². The maximum atomic E-state index is 13.6. The fraction of sp³-hybridized carbons (Fsp3) is 0.259. The molecule has 2 unspecified atom stereocenters. The lowest BCUT2D eigenvalue weighted by Crippen LogP contribution is -2.34. The minimum atomic E-state index is -0.336. The molecule has 1 heterocycles. The predicted octanol–water partition coefficient (Wildman–Crippen LogP) is 6.14. The second kappa shape index (κ2) is 8.69. The number of methoxy groups -OCH3 is 2. The fourth-order valence-corrected chi connectivity index (χ4v) is 5.26. The van der Waals surface area contributed by atoms with Crippen LogP contribution in [0.25, 0.3) is 0 Å². The smallest absolute Gasteiger partial charge is 0.342 e. The molecule has 2 atom stereocenters. The number of benzene rings is 3. The molecule has 2 amide bonds. The Morgan fingerprint density at radius 2 is 1.71 bits per heavy atom. The number of carbonyl (C=O) groups is 1. The second-order valence-electron chi connectivity index (χ2n) is 8.67. The summed E-state index contributed by atoms with van der Waals surface area (Å²) in [6.07, 6.45) is 0.720. The average molecular weight is 476 g/mol. The van der Waals surface area contributed by atoms with Gasteiger partial charge in [-0.15, -0.1) is 0 Å². The summed E-state index contributed by atoms with van der Waals surface area (Å²) in [4.78, 5) is 13.6. The number of fused-ring (bicyclic) bond motifs is 3. The first-order valence-electron chi connectivity index (χ1n) is 11.2. The van der Waals surface area contributed by atoms with E-state index in [9.17, 15) is 4.79 Å². The van der Waals surface area contributed by atoms with Gasteiger partial charge in [-0.2, -0.15) is 5.10 Å². The van der Waals surface area contributed by atoms with Gasteiger partial charge in [0.1, 0.15) is 0 Å². The molecule has 0 bridgehead atoms. The molecule has 1 N–H and O–H groups in total. The molecule has 7 heteroatoms. The first-order chi connectivity index (χ1) is 16.4. The third-order valence-electron chi connectivity index (χ3n) is 6.68. The summed E-state index contributed by atoms with van der Waals surface area (Å²) in [5.41, 5.74) is 6.62. The van der Waals surface area contributed by atoms with Crippen molar-refractivity contribution >= 4 is 29.0 Å². The maximum absolute atomic E-state index is 13.6. The molecule has 34 heavy (non-hydrogen) atoms. The number of urea groups is 1. The summed E-state index contributed by atoms with van der Waals surface area (Å²) in [7, 11) is 3.24. The second-order valence-corrected chi connectivity index (χ2v) is 9.08. The van der Waals surface area contributed by atoms with Gasteiger partial charge in [-0.25, -0.2) is 9.80 Å². The van der Waals surface area contributed by atoms with Crippen molar-refractivity contribution in [2.75, 3.05) is 19.5 Å². The summed E-state index contributed by atoms with van der Waals surface area (Å²) in [6, 6.07) is 16.9. The lowest BCUT2D eigenvalue weighted by atomic mass is 9.90. The van der Waals surface area contributed by atoms with Crippen molar-refractivity contribution in [3.8, 4) is 11.5 Å². The number of hydrazone groups is 1. The number of rotatable bonds is 4. The highest BCUT2D eigenvalue weighted by molar-refractivity contribution is 6.31. The number of para-hydroxylation sites is 1. The van der Waals surface area contributed by atoms with E-state index in [4.69, 9.17) is 26.2 Å². The molecule has 0 saturated heterocycles. The van der Waals surface area contributed by atoms with E-state index >= 15 is 0 Å². The Hall–Kier alpha value is -3.51. The summed E-state index contributed by atoms with van der Waals surface area (Å²) < 4.78 is 11.0. The molecule has 6 nitrogen and oxygen atoms in total. The number of aryl methyl sites for hydroxylation is 2. The van der Waals surface area contributed by atoms with Gasteiger partial charge in [-0.3, -0.25) is 0 Å². The van der Waals surface area contributed by atoms with E-state index in [1.54, 1.807) is 19.2 Å². The number of carbonyl (C=O) groups excluding carboxylic acids is 1. The molecule has 0 radical (unpaired) electrons. The van der Waals surface area contributed by atoms with Crippen LogP contribution in [-0.4, -0.2) is 31.0 Å². The van der Waals surface area contributed by atoms with Crippen molar-refractivity contribution in [1.82, 2.24) is 5.01 Å². The Kier molecular flexibility index (Phi) is 5.70. The molecule has 0 saturated carbocycles. The number of amides is 2. The number of hydrogen-bond acceptors (Lipinski definition) is 4. The van der Waals surface area contributed by atoms with Crippen molar-refractivity contribution in [1.29, 1.82) is 0 Å². The van der Waals surface area contributed by atoms with Crippen LogP contribution in [0.2, 0.25) is 5.02 Å². The van der Waals surface area contributed by atoms with Crippen molar-refractivity contribution < 1.29 is 14.3 Å². The van der Waals surface area contributed by atoms with E-state index in [1.165, 1.54) is 0 Å². The van der Waals surface area contributed by atoms with E-state index in [0.29, 0.717) is 16.5 Å². The molecular weight excluding hydrogens is 450 g/mol. The fourth-order valence-electron chi connectivity index (χ4n) is 5.01. The van der Waals surface area contributed by atoms with Crippen molar-refractivity contribution in [3.63, 3.8) is 0 Å². The molecule has 2 aliphatic rings. The van der Waals surface area contributed by atoms with Gasteiger partial charge >= 0.3 is 6.03 Å². The predicted molar refractivity (Wildman–Crippen MR) is 134 cm³/mol. The third kappa shape index (κ3) is 3.59. The number of ether oxygens (including phenoxy) is 2. The van der Waals surface area contributed by atoms with Crippen LogP contribution < -0.4 is 14.8 Å². The van der Waals surface area contributed by atoms with Crippen molar-refractivity contribution in [3.05, 3.63) is 87.4 Å². The summed E-state index contributed by atoms with van der Waals surface area (Å²) in [6.45, 7) is 3.96. The first-order valence-corrected chi connectivity index (χ1v) is 11.5. The van der Waals surface area contributed by atoms with Gasteiger partial charge < -0.3 is 14.8 Å². The summed E-state index contributed by atoms with van der Waals surface area (Å²) in [5.74, 6) is 1.29. The van der Waals surface area contributed by atoms with Gasteiger partial charge in [0.15, 0.2) is 11.5 Å². The van der Waals surface area contributed by atoms with Crippen LogP contribution >= 0.6 is 11.6 Å². The van der Waals surface area contributed by atoms with Crippen molar-refractivity contribution in [2.24, 2.45) is 11.0 Å². The zero-order chi connectivity index (χ0) is 24.0. The standard InChI is InChI=1S/C27H26ClN3O3/c1-15-8-7-9-16(2)24(15)29-27(32)31-26(18-10-5-6-11-21(18)28)20-12-17-13-22(33-3)23(34-4)14-19(17)25(20)30-31/h5-11,13-14,20,26H,12H2,1-4H3,(H,29,32). The number of halogens is 1. The molecule has 174 valence electrons. The van der Waals surface area contributed by atoms with Gasteiger partial charge in [0.2, 0.25) is 0 Å². The van der Waals surface area contributed by atoms with Crippen LogP contribution in [0, 0.1) is 19.8 Å². The van der Waals surface area contributed by atoms with Crippen LogP contribution in [0.15, 0.2) is 59.7 Å². The molecule has 0 fully saturated rings. The minimum Gasteiger partial charge on any atom is -0.493 e. The SMILES string of the molecule is COc1cc2c(cc1OC)C1=NN(C(=O)Nc3c(C)cccc3C)C(c3ccccc3Cl)C1C2. The van der Waals surface area contributed by atoms with Gasteiger partial charge in [0, 0.05) is 22.2 Å². The Morgan fingerprint density at radius 3 is 2.38 bits per heavy atom. The average Bonchev–Trinajstić information content (AvgIpc) is 3.36. The van der Waals surface area contributed by atoms with Crippen LogP contribution in [0.4, 0.5) is 10.5 Å². The molecule has 3 aromatic carbocycles. The monoisotopic (exact) mass is 475 g/mol. The topological polar surface area (TPSA) is 63.2 Å². The van der Waals surface area contributed by atoms with Crippen LogP contribution in [0.3, 0.4) is 0 Å². The quantitative estimate of drug-likeness (QED) is 0.493. The van der Waals surface area contributed by atoms with E-state index in [1.807, 2.05) is 68.4 Å². The zero-order valence-corrected chi connectivity index (χ0v) is 20.3. The molecule has 3 aromatic rings. The van der Waals surface area contributed by atoms with Crippen LogP contribution in [-0.2, 0) is 6.42 Å². The van der Waals surface area contributed by atoms with E-state index < -0.39 is 0 Å². The molecule has 5 rings (SSSR count). The van der Waals surface area contributed by atoms with Crippen LogP contribution in [0.1, 0.15) is 33.9 Å². The highest BCUT2D eigenvalue weighted by atomic mass is 35.5. The maximum Gasteiger partial charge on any atom is 0.342 e. The normalized spacial score (nSPS) is 18.3. The number of nitrogens with zero attached hydrogens (tertiary/aromatic N) is 2. The number of anilines is 1. The molecule has 0 spiro atoms. The lowest BCUT2D eigenvalue weighted by molar-refractivity contribution is 0.190. The summed E-state index contributed by atoms with van der Waals surface area (Å²) >= 11 is 6.63. The zero-order valence-electron chi connectivity index (χ0n) is 19.6. The first kappa shape index (κ1) is 22.3. The molecule has 1 aliphatic heterocycles. The largest absolute Gasteiger partial charge is 0.493 e. The Morgan fingerprint density at radius 1 is 1.03 bits per heavy atom. The molecule has 0 aromatic heterocycles.